The molecule has 0 unspecified atom stereocenters. The van der Waals surface area contributed by atoms with Crippen LogP contribution in [0.25, 0.3) is 10.9 Å². The predicted molar refractivity (Wildman–Crippen MR) is 98.5 cm³/mol. The molecule has 1 heterocycles. The van der Waals surface area contributed by atoms with E-state index in [1.165, 1.54) is 0 Å². The minimum absolute atomic E-state index is 0.668. The van der Waals surface area contributed by atoms with Crippen molar-refractivity contribution in [2.75, 3.05) is 25.3 Å². The molecule has 0 amide bonds. The Morgan fingerprint density at radius 2 is 1.71 bits per heavy atom. The Morgan fingerprint density at radius 3 is 2.42 bits per heavy atom. The number of aryl methyl sites for hydroxylation is 2. The topological polar surface area (TPSA) is 69.4 Å². The van der Waals surface area contributed by atoms with E-state index in [4.69, 9.17) is 15.2 Å². The molecule has 5 heteroatoms. The third-order valence-electron chi connectivity index (χ3n) is 3.99. The Kier molecular flexibility index (Phi) is 4.16. The van der Waals surface area contributed by atoms with Crippen LogP contribution in [0.1, 0.15) is 11.3 Å². The van der Waals surface area contributed by atoms with Crippen molar-refractivity contribution in [2.24, 2.45) is 0 Å². The standard InChI is InChI=1S/C19H21N3O2/c1-11-5-7-14(20)18-15(9-12(2)21-19(11)18)22-13-6-8-16(23-3)17(10-13)24-4/h5-10H,20H2,1-4H3,(H,21,22). The van der Waals surface area contributed by atoms with Gasteiger partial charge in [0.05, 0.1) is 25.4 Å². The molecule has 124 valence electrons. The van der Waals surface area contributed by atoms with Crippen molar-refractivity contribution in [3.05, 3.63) is 47.7 Å². The van der Waals surface area contributed by atoms with Crippen molar-refractivity contribution in [3.63, 3.8) is 0 Å². The van der Waals surface area contributed by atoms with Gasteiger partial charge in [0.25, 0.3) is 0 Å². The van der Waals surface area contributed by atoms with E-state index in [9.17, 15) is 0 Å². The van der Waals surface area contributed by atoms with Crippen LogP contribution < -0.4 is 20.5 Å². The quantitative estimate of drug-likeness (QED) is 0.704. The third kappa shape index (κ3) is 2.80. The lowest BCUT2D eigenvalue weighted by Gasteiger charge is -2.15. The SMILES string of the molecule is COc1ccc(Nc2cc(C)nc3c(C)ccc(N)c23)cc1OC. The van der Waals surface area contributed by atoms with Gasteiger partial charge in [0.15, 0.2) is 11.5 Å². The van der Waals surface area contributed by atoms with Crippen molar-refractivity contribution in [1.82, 2.24) is 4.98 Å². The average Bonchev–Trinajstić information content (AvgIpc) is 2.57. The fourth-order valence-corrected chi connectivity index (χ4v) is 2.80. The van der Waals surface area contributed by atoms with Crippen LogP contribution in [0, 0.1) is 13.8 Å². The molecule has 0 fully saturated rings. The highest BCUT2D eigenvalue weighted by atomic mass is 16.5. The summed E-state index contributed by atoms with van der Waals surface area (Å²) in [4.78, 5) is 4.63. The normalized spacial score (nSPS) is 10.7. The maximum Gasteiger partial charge on any atom is 0.162 e. The molecule has 2 aromatic carbocycles. The Hall–Kier alpha value is -2.95. The van der Waals surface area contributed by atoms with Gasteiger partial charge in [-0.05, 0) is 43.7 Å². The van der Waals surface area contributed by atoms with Gasteiger partial charge in [0.1, 0.15) is 0 Å². The Morgan fingerprint density at radius 1 is 0.958 bits per heavy atom. The van der Waals surface area contributed by atoms with Crippen LogP contribution in [-0.2, 0) is 0 Å². The van der Waals surface area contributed by atoms with Crippen LogP contribution in [-0.4, -0.2) is 19.2 Å². The summed E-state index contributed by atoms with van der Waals surface area (Å²) in [7, 11) is 3.24. The maximum absolute atomic E-state index is 6.21. The molecule has 24 heavy (non-hydrogen) atoms. The zero-order valence-electron chi connectivity index (χ0n) is 14.3. The lowest BCUT2D eigenvalue weighted by atomic mass is 10.1. The van der Waals surface area contributed by atoms with Crippen molar-refractivity contribution >= 4 is 28.0 Å². The number of hydrogen-bond acceptors (Lipinski definition) is 5. The minimum Gasteiger partial charge on any atom is -0.493 e. The van der Waals surface area contributed by atoms with Gasteiger partial charge in [0.2, 0.25) is 0 Å². The molecular formula is C19H21N3O2. The first-order valence-electron chi connectivity index (χ1n) is 7.69. The minimum atomic E-state index is 0.668. The molecule has 0 spiro atoms. The zero-order valence-corrected chi connectivity index (χ0v) is 14.3. The summed E-state index contributed by atoms with van der Waals surface area (Å²) in [6, 6.07) is 11.6. The molecule has 1 aromatic heterocycles. The molecule has 0 aliphatic carbocycles. The highest BCUT2D eigenvalue weighted by Crippen LogP contribution is 2.35. The molecule has 0 saturated carbocycles. The second-order valence-corrected chi connectivity index (χ2v) is 5.70. The second-order valence-electron chi connectivity index (χ2n) is 5.70. The van der Waals surface area contributed by atoms with E-state index in [0.29, 0.717) is 17.2 Å². The largest absolute Gasteiger partial charge is 0.493 e. The van der Waals surface area contributed by atoms with E-state index in [-0.39, 0.29) is 0 Å². The number of benzene rings is 2. The molecule has 3 aromatic rings. The number of nitrogens with two attached hydrogens (primary N) is 1. The summed E-state index contributed by atoms with van der Waals surface area (Å²) in [5.74, 6) is 1.36. The first-order chi connectivity index (χ1) is 11.5. The second kappa shape index (κ2) is 6.28. The summed E-state index contributed by atoms with van der Waals surface area (Å²) in [6.45, 7) is 4.01. The van der Waals surface area contributed by atoms with Gasteiger partial charge in [-0.1, -0.05) is 6.07 Å². The number of methoxy groups -OCH3 is 2. The highest BCUT2D eigenvalue weighted by Gasteiger charge is 2.11. The Balaban J connectivity index is 2.12. The molecule has 5 nitrogen and oxygen atoms in total. The molecule has 0 aliphatic rings. The van der Waals surface area contributed by atoms with Gasteiger partial charge >= 0.3 is 0 Å². The number of ether oxygens (including phenoxy) is 2. The monoisotopic (exact) mass is 323 g/mol. The van der Waals surface area contributed by atoms with E-state index >= 15 is 0 Å². The van der Waals surface area contributed by atoms with E-state index < -0.39 is 0 Å². The van der Waals surface area contributed by atoms with Crippen molar-refractivity contribution in [1.29, 1.82) is 0 Å². The molecule has 0 aliphatic heterocycles. The molecule has 0 atom stereocenters. The number of hydrogen-bond donors (Lipinski definition) is 2. The molecule has 0 bridgehead atoms. The number of nitrogens with zero attached hydrogens (tertiary/aromatic N) is 1. The zero-order chi connectivity index (χ0) is 17.3. The van der Waals surface area contributed by atoms with Crippen LogP contribution in [0.2, 0.25) is 0 Å². The van der Waals surface area contributed by atoms with Crippen LogP contribution in [0.3, 0.4) is 0 Å². The summed E-state index contributed by atoms with van der Waals surface area (Å²) in [6.07, 6.45) is 0. The summed E-state index contributed by atoms with van der Waals surface area (Å²) in [5, 5.41) is 4.35. The number of rotatable bonds is 4. The first kappa shape index (κ1) is 15.9. The highest BCUT2D eigenvalue weighted by molar-refractivity contribution is 6.03. The van der Waals surface area contributed by atoms with E-state index in [0.717, 1.165) is 33.5 Å². The van der Waals surface area contributed by atoms with Gasteiger partial charge < -0.3 is 20.5 Å². The average molecular weight is 323 g/mol. The number of anilines is 3. The van der Waals surface area contributed by atoms with Crippen LogP contribution in [0.15, 0.2) is 36.4 Å². The maximum atomic E-state index is 6.21. The molecule has 3 N–H and O–H groups in total. The lowest BCUT2D eigenvalue weighted by Crippen LogP contribution is -2.00. The fraction of sp³-hybridized carbons (Fsp3) is 0.211. The van der Waals surface area contributed by atoms with Gasteiger partial charge in [-0.2, -0.15) is 0 Å². The number of fused-ring (bicyclic) bond motifs is 1. The van der Waals surface area contributed by atoms with E-state index in [1.807, 2.05) is 50.2 Å². The van der Waals surface area contributed by atoms with E-state index in [1.54, 1.807) is 14.2 Å². The summed E-state index contributed by atoms with van der Waals surface area (Å²) in [5.41, 5.74) is 11.7. The fourth-order valence-electron chi connectivity index (χ4n) is 2.80. The van der Waals surface area contributed by atoms with Crippen LogP contribution in [0.5, 0.6) is 11.5 Å². The number of nitrogens with one attached hydrogen (secondary N) is 1. The van der Waals surface area contributed by atoms with Crippen molar-refractivity contribution in [3.8, 4) is 11.5 Å². The number of nitrogen functional groups attached to an aromatic ring is 1. The Bertz CT molecular complexity index is 907. The van der Waals surface area contributed by atoms with Gasteiger partial charge in [-0.25, -0.2) is 0 Å². The number of pyridine rings is 1. The summed E-state index contributed by atoms with van der Waals surface area (Å²) < 4.78 is 10.6. The van der Waals surface area contributed by atoms with Gasteiger partial charge in [-0.3, -0.25) is 4.98 Å². The van der Waals surface area contributed by atoms with Crippen molar-refractivity contribution in [2.45, 2.75) is 13.8 Å². The van der Waals surface area contributed by atoms with Gasteiger partial charge in [-0.15, -0.1) is 0 Å². The Labute approximate surface area is 141 Å². The first-order valence-corrected chi connectivity index (χ1v) is 7.69. The molecule has 0 saturated heterocycles. The number of aromatic nitrogens is 1. The summed E-state index contributed by atoms with van der Waals surface area (Å²) >= 11 is 0. The smallest absolute Gasteiger partial charge is 0.162 e. The third-order valence-corrected chi connectivity index (χ3v) is 3.99. The van der Waals surface area contributed by atoms with Crippen LogP contribution in [0.4, 0.5) is 17.1 Å². The molecule has 0 radical (unpaired) electrons. The van der Waals surface area contributed by atoms with Crippen molar-refractivity contribution < 1.29 is 9.47 Å². The predicted octanol–water partition coefficient (Wildman–Crippen LogP) is 4.19. The van der Waals surface area contributed by atoms with Gasteiger partial charge in [0, 0.05) is 28.5 Å². The molecular weight excluding hydrogens is 302 g/mol. The van der Waals surface area contributed by atoms with E-state index in [2.05, 4.69) is 10.3 Å². The van der Waals surface area contributed by atoms with Crippen LogP contribution >= 0.6 is 0 Å². The lowest BCUT2D eigenvalue weighted by molar-refractivity contribution is 0.355. The molecule has 3 rings (SSSR count).